The van der Waals surface area contributed by atoms with Gasteiger partial charge < -0.3 is 15.9 Å². The molecule has 3 N–H and O–H groups in total. The van der Waals surface area contributed by atoms with E-state index in [0.717, 1.165) is 5.56 Å². The Labute approximate surface area is 165 Å². The quantitative estimate of drug-likeness (QED) is 0.480. The number of aryl methyl sites for hydroxylation is 1. The molecule has 0 aliphatic carbocycles. The number of aromatic nitrogens is 4. The van der Waals surface area contributed by atoms with Crippen LogP contribution in [-0.4, -0.2) is 38.6 Å². The zero-order chi connectivity index (χ0) is 19.4. The molecule has 0 atom stereocenters. The number of thioether (sulfide) groups is 1. The number of hydrogen-bond donors (Lipinski definition) is 2. The number of amides is 1. The standard InChI is InChI=1S/C17H17ClN6O2S/c1-10-7-13(14(26-2)8-11(10)18)21-15(25)9-27-17-23-22-16(24(17)19)12-5-3-4-6-20-12/h3-8H,9,19H2,1-2H3,(H,21,25). The van der Waals surface area contributed by atoms with Crippen LogP contribution in [0.2, 0.25) is 5.02 Å². The van der Waals surface area contributed by atoms with Crippen molar-refractivity contribution in [3.05, 3.63) is 47.1 Å². The minimum atomic E-state index is -0.234. The van der Waals surface area contributed by atoms with E-state index in [1.165, 1.54) is 23.5 Å². The number of ether oxygens (including phenoxy) is 1. The van der Waals surface area contributed by atoms with Gasteiger partial charge in [-0.25, -0.2) is 4.68 Å². The van der Waals surface area contributed by atoms with Crippen LogP contribution in [0.25, 0.3) is 11.5 Å². The maximum absolute atomic E-state index is 12.3. The molecule has 27 heavy (non-hydrogen) atoms. The van der Waals surface area contributed by atoms with Gasteiger partial charge in [0.2, 0.25) is 16.9 Å². The minimum Gasteiger partial charge on any atom is -0.495 e. The highest BCUT2D eigenvalue weighted by Crippen LogP contribution is 2.31. The first-order valence-corrected chi connectivity index (χ1v) is 9.24. The van der Waals surface area contributed by atoms with E-state index in [-0.39, 0.29) is 11.7 Å². The number of nitrogens with two attached hydrogens (primary N) is 1. The van der Waals surface area contributed by atoms with Crippen molar-refractivity contribution in [1.29, 1.82) is 0 Å². The van der Waals surface area contributed by atoms with E-state index in [1.54, 1.807) is 30.5 Å². The highest BCUT2D eigenvalue weighted by Gasteiger charge is 2.15. The molecule has 2 heterocycles. The van der Waals surface area contributed by atoms with Gasteiger partial charge in [0.05, 0.1) is 18.6 Å². The van der Waals surface area contributed by atoms with E-state index in [4.69, 9.17) is 22.2 Å². The highest BCUT2D eigenvalue weighted by atomic mass is 35.5. The van der Waals surface area contributed by atoms with E-state index >= 15 is 0 Å². The van der Waals surface area contributed by atoms with Gasteiger partial charge in [0, 0.05) is 17.3 Å². The Morgan fingerprint density at radius 3 is 2.89 bits per heavy atom. The first kappa shape index (κ1) is 19.0. The van der Waals surface area contributed by atoms with Gasteiger partial charge in [0.15, 0.2) is 0 Å². The second-order valence-corrected chi connectivity index (χ2v) is 6.88. The Morgan fingerprint density at radius 1 is 1.37 bits per heavy atom. The molecule has 1 aromatic carbocycles. The maximum Gasteiger partial charge on any atom is 0.234 e. The fourth-order valence-electron chi connectivity index (χ4n) is 2.29. The van der Waals surface area contributed by atoms with Crippen molar-refractivity contribution >= 4 is 35.0 Å². The van der Waals surface area contributed by atoms with Gasteiger partial charge in [-0.05, 0) is 30.7 Å². The molecule has 10 heteroatoms. The lowest BCUT2D eigenvalue weighted by Crippen LogP contribution is -2.17. The van der Waals surface area contributed by atoms with Crippen molar-refractivity contribution in [3.63, 3.8) is 0 Å². The molecule has 0 aliphatic heterocycles. The zero-order valence-corrected chi connectivity index (χ0v) is 16.2. The van der Waals surface area contributed by atoms with Crippen molar-refractivity contribution in [2.24, 2.45) is 0 Å². The van der Waals surface area contributed by atoms with E-state index in [1.807, 2.05) is 13.0 Å². The van der Waals surface area contributed by atoms with E-state index in [2.05, 4.69) is 20.5 Å². The molecular weight excluding hydrogens is 388 g/mol. The second kappa shape index (κ2) is 8.28. The summed E-state index contributed by atoms with van der Waals surface area (Å²) in [6, 6.07) is 8.83. The molecule has 8 nitrogen and oxygen atoms in total. The van der Waals surface area contributed by atoms with Crippen LogP contribution in [0.3, 0.4) is 0 Å². The summed E-state index contributed by atoms with van der Waals surface area (Å²) in [4.78, 5) is 16.5. The van der Waals surface area contributed by atoms with Gasteiger partial charge in [0.25, 0.3) is 0 Å². The van der Waals surface area contributed by atoms with Gasteiger partial charge >= 0.3 is 0 Å². The van der Waals surface area contributed by atoms with Gasteiger partial charge in [-0.3, -0.25) is 9.78 Å². The summed E-state index contributed by atoms with van der Waals surface area (Å²) in [7, 11) is 1.52. The summed E-state index contributed by atoms with van der Waals surface area (Å²) >= 11 is 7.25. The molecule has 1 amide bonds. The summed E-state index contributed by atoms with van der Waals surface area (Å²) in [5.41, 5.74) is 1.99. The van der Waals surface area contributed by atoms with Crippen LogP contribution in [-0.2, 0) is 4.79 Å². The lowest BCUT2D eigenvalue weighted by atomic mass is 10.2. The summed E-state index contributed by atoms with van der Waals surface area (Å²) in [5.74, 6) is 6.80. The first-order valence-electron chi connectivity index (χ1n) is 7.88. The molecule has 0 unspecified atom stereocenters. The van der Waals surface area contributed by atoms with Gasteiger partial charge in [-0.2, -0.15) is 0 Å². The number of nitrogen functional groups attached to an aromatic ring is 1. The number of methoxy groups -OCH3 is 1. The topological polar surface area (TPSA) is 108 Å². The number of nitrogens with one attached hydrogen (secondary N) is 1. The second-order valence-electron chi connectivity index (χ2n) is 5.53. The third kappa shape index (κ3) is 4.32. The summed E-state index contributed by atoms with van der Waals surface area (Å²) < 4.78 is 6.57. The zero-order valence-electron chi connectivity index (χ0n) is 14.6. The molecule has 0 saturated heterocycles. The van der Waals surface area contributed by atoms with Crippen LogP contribution < -0.4 is 15.9 Å². The fourth-order valence-corrected chi connectivity index (χ4v) is 3.10. The van der Waals surface area contributed by atoms with Crippen molar-refractivity contribution in [2.45, 2.75) is 12.1 Å². The summed E-state index contributed by atoms with van der Waals surface area (Å²) in [5, 5.41) is 11.8. The maximum atomic E-state index is 12.3. The number of pyridine rings is 1. The molecule has 0 bridgehead atoms. The lowest BCUT2D eigenvalue weighted by Gasteiger charge is -2.12. The van der Waals surface area contributed by atoms with Crippen molar-refractivity contribution in [2.75, 3.05) is 24.0 Å². The molecule has 0 fully saturated rings. The van der Waals surface area contributed by atoms with Gasteiger partial charge in [-0.1, -0.05) is 29.4 Å². The van der Waals surface area contributed by atoms with Crippen LogP contribution in [0.5, 0.6) is 5.75 Å². The Hall–Kier alpha value is -2.78. The average molecular weight is 405 g/mol. The monoisotopic (exact) mass is 404 g/mol. The van der Waals surface area contributed by atoms with Crippen molar-refractivity contribution < 1.29 is 9.53 Å². The van der Waals surface area contributed by atoms with Gasteiger partial charge in [0.1, 0.15) is 11.4 Å². The molecule has 3 aromatic rings. The summed E-state index contributed by atoms with van der Waals surface area (Å²) in [6.07, 6.45) is 1.64. The molecule has 0 radical (unpaired) electrons. The molecule has 2 aromatic heterocycles. The SMILES string of the molecule is COc1cc(Cl)c(C)cc1NC(=O)CSc1nnc(-c2ccccn2)n1N. The predicted molar refractivity (Wildman–Crippen MR) is 105 cm³/mol. The van der Waals surface area contributed by atoms with Crippen LogP contribution in [0.4, 0.5) is 5.69 Å². The molecule has 0 spiro atoms. The predicted octanol–water partition coefficient (Wildman–Crippen LogP) is 2.76. The molecule has 140 valence electrons. The number of benzene rings is 1. The number of halogens is 1. The van der Waals surface area contributed by atoms with E-state index < -0.39 is 0 Å². The highest BCUT2D eigenvalue weighted by molar-refractivity contribution is 7.99. The van der Waals surface area contributed by atoms with Crippen LogP contribution in [0.1, 0.15) is 5.56 Å². The normalized spacial score (nSPS) is 10.6. The molecular formula is C17H17ClN6O2S. The molecule has 0 saturated carbocycles. The molecule has 0 aliphatic rings. The Bertz CT molecular complexity index is 964. The number of carbonyl (C=O) groups is 1. The largest absolute Gasteiger partial charge is 0.495 e. The van der Waals surface area contributed by atoms with Crippen molar-refractivity contribution in [3.8, 4) is 17.3 Å². The third-order valence-corrected chi connectivity index (χ3v) is 5.00. The smallest absolute Gasteiger partial charge is 0.234 e. The van der Waals surface area contributed by atoms with E-state index in [9.17, 15) is 4.79 Å². The number of anilines is 1. The fraction of sp³-hybridized carbons (Fsp3) is 0.176. The van der Waals surface area contributed by atoms with Gasteiger partial charge in [-0.15, -0.1) is 10.2 Å². The van der Waals surface area contributed by atoms with Crippen LogP contribution >= 0.6 is 23.4 Å². The number of hydrogen-bond acceptors (Lipinski definition) is 7. The Balaban J connectivity index is 1.67. The van der Waals surface area contributed by atoms with Crippen LogP contribution in [0.15, 0.2) is 41.7 Å². The van der Waals surface area contributed by atoms with Crippen LogP contribution in [0, 0.1) is 6.92 Å². The number of carbonyl (C=O) groups excluding carboxylic acids is 1. The first-order chi connectivity index (χ1) is 13.0. The Kier molecular flexibility index (Phi) is 5.82. The minimum absolute atomic E-state index is 0.0996. The number of rotatable bonds is 6. The number of nitrogens with zero attached hydrogens (tertiary/aromatic N) is 4. The van der Waals surface area contributed by atoms with Crippen molar-refractivity contribution in [1.82, 2.24) is 19.9 Å². The Morgan fingerprint density at radius 2 is 2.19 bits per heavy atom. The van der Waals surface area contributed by atoms with E-state index in [0.29, 0.717) is 33.1 Å². The average Bonchev–Trinajstić information content (AvgIpc) is 3.04. The lowest BCUT2D eigenvalue weighted by molar-refractivity contribution is -0.113. The molecule has 3 rings (SSSR count). The summed E-state index contributed by atoms with van der Waals surface area (Å²) in [6.45, 7) is 1.85. The third-order valence-electron chi connectivity index (χ3n) is 3.65.